The average Bonchev–Trinajstić information content (AvgIpc) is 3.23. The number of fused-ring (bicyclic) bond motifs is 1. The lowest BCUT2D eigenvalue weighted by Crippen LogP contribution is -3.00. The van der Waals surface area contributed by atoms with Crippen LogP contribution in [-0.4, -0.2) is 25.9 Å². The lowest BCUT2D eigenvalue weighted by Gasteiger charge is -2.17. The number of oxime groups is 1. The molecule has 3 aromatic rings. The van der Waals surface area contributed by atoms with Gasteiger partial charge in [-0.2, -0.15) is 4.57 Å². The fourth-order valence-electron chi connectivity index (χ4n) is 3.64. The molecule has 5 heteroatoms. The lowest BCUT2D eigenvalue weighted by atomic mass is 10.1. The summed E-state index contributed by atoms with van der Waals surface area (Å²) in [5.41, 5.74) is 4.49. The average molecular weight is 426 g/mol. The van der Waals surface area contributed by atoms with E-state index in [1.807, 2.05) is 0 Å². The molecule has 1 saturated heterocycles. The van der Waals surface area contributed by atoms with E-state index >= 15 is 0 Å². The maximum absolute atomic E-state index is 5.14. The second-order valence-electron chi connectivity index (χ2n) is 6.66. The molecule has 2 heterocycles. The highest BCUT2D eigenvalue weighted by Gasteiger charge is 2.16. The summed E-state index contributed by atoms with van der Waals surface area (Å²) in [7, 11) is 1.60. The molecular formula is C22H24BrN3O. The topological polar surface area (TPSA) is 28.7 Å². The highest BCUT2D eigenvalue weighted by atomic mass is 79.9. The van der Waals surface area contributed by atoms with Crippen LogP contribution in [0.3, 0.4) is 0 Å². The van der Waals surface area contributed by atoms with Gasteiger partial charge in [0, 0.05) is 41.9 Å². The number of hydrogen-bond acceptors (Lipinski definition) is 3. The quantitative estimate of drug-likeness (QED) is 0.343. The zero-order valence-corrected chi connectivity index (χ0v) is 17.1. The molecule has 0 unspecified atom stereocenters. The van der Waals surface area contributed by atoms with E-state index < -0.39 is 0 Å². The first-order valence-electron chi connectivity index (χ1n) is 9.18. The van der Waals surface area contributed by atoms with Crippen LogP contribution in [0.5, 0.6) is 0 Å². The highest BCUT2D eigenvalue weighted by Crippen LogP contribution is 2.21. The van der Waals surface area contributed by atoms with Crippen LogP contribution < -0.4 is 26.4 Å². The predicted octanol–water partition coefficient (Wildman–Crippen LogP) is 0.782. The highest BCUT2D eigenvalue weighted by molar-refractivity contribution is 5.99. The molecule has 1 aliphatic heterocycles. The Labute approximate surface area is 170 Å². The molecule has 1 fully saturated rings. The molecule has 4 rings (SSSR count). The Morgan fingerprint density at radius 1 is 1.00 bits per heavy atom. The lowest BCUT2D eigenvalue weighted by molar-refractivity contribution is -0.655. The van der Waals surface area contributed by atoms with Gasteiger partial charge < -0.3 is 26.7 Å². The van der Waals surface area contributed by atoms with E-state index in [-0.39, 0.29) is 17.0 Å². The van der Waals surface area contributed by atoms with Crippen molar-refractivity contribution in [3.8, 4) is 0 Å². The van der Waals surface area contributed by atoms with Crippen molar-refractivity contribution in [1.29, 1.82) is 0 Å². The largest absolute Gasteiger partial charge is 1.00 e. The van der Waals surface area contributed by atoms with Gasteiger partial charge in [-0.05, 0) is 37.1 Å². The fraction of sp³-hybridized carbons (Fsp3) is 0.273. The van der Waals surface area contributed by atoms with E-state index in [0.29, 0.717) is 6.54 Å². The number of pyridine rings is 1. The molecule has 0 spiro atoms. The summed E-state index contributed by atoms with van der Waals surface area (Å²) >= 11 is 0. The Bertz CT molecular complexity index is 913. The van der Waals surface area contributed by atoms with Gasteiger partial charge in [-0.3, -0.25) is 0 Å². The Morgan fingerprint density at radius 2 is 1.70 bits per heavy atom. The van der Waals surface area contributed by atoms with Gasteiger partial charge in [0.15, 0.2) is 18.5 Å². The molecule has 2 aromatic carbocycles. The maximum Gasteiger partial charge on any atom is 0.212 e. The van der Waals surface area contributed by atoms with Crippen LogP contribution in [0.1, 0.15) is 18.4 Å². The minimum atomic E-state index is 0. The monoisotopic (exact) mass is 425 g/mol. The minimum Gasteiger partial charge on any atom is -1.00 e. The van der Waals surface area contributed by atoms with Crippen molar-refractivity contribution < 1.29 is 26.4 Å². The van der Waals surface area contributed by atoms with Gasteiger partial charge in [0.2, 0.25) is 5.52 Å². The van der Waals surface area contributed by atoms with Crippen molar-refractivity contribution >= 4 is 22.3 Å². The molecule has 0 amide bonds. The van der Waals surface area contributed by atoms with Crippen LogP contribution in [-0.2, 0) is 11.4 Å². The first-order valence-corrected chi connectivity index (χ1v) is 9.18. The van der Waals surface area contributed by atoms with E-state index in [2.05, 4.69) is 81.5 Å². The van der Waals surface area contributed by atoms with E-state index in [9.17, 15) is 0 Å². The maximum atomic E-state index is 5.14. The molecule has 4 nitrogen and oxygen atoms in total. The molecule has 0 saturated carbocycles. The van der Waals surface area contributed by atoms with E-state index in [1.54, 1.807) is 7.11 Å². The van der Waals surface area contributed by atoms with Gasteiger partial charge in [0.1, 0.15) is 7.11 Å². The summed E-state index contributed by atoms with van der Waals surface area (Å²) < 4.78 is 2.21. The molecular weight excluding hydrogens is 402 g/mol. The van der Waals surface area contributed by atoms with Crippen LogP contribution in [0.25, 0.3) is 10.9 Å². The molecule has 0 aliphatic carbocycles. The minimum absolute atomic E-state index is 0. The number of benzene rings is 2. The number of halogens is 1. The van der Waals surface area contributed by atoms with Crippen LogP contribution in [0, 0.1) is 0 Å². The number of aromatic nitrogens is 1. The van der Waals surface area contributed by atoms with Gasteiger partial charge in [-0.15, -0.1) is 0 Å². The van der Waals surface area contributed by atoms with Crippen molar-refractivity contribution in [2.24, 2.45) is 5.16 Å². The number of para-hydroxylation sites is 1. The van der Waals surface area contributed by atoms with Crippen LogP contribution in [0.2, 0.25) is 0 Å². The summed E-state index contributed by atoms with van der Waals surface area (Å²) in [5, 5.41) is 5.52. The molecule has 1 aliphatic rings. The number of hydrogen-bond donors (Lipinski definition) is 0. The molecule has 0 N–H and O–H groups in total. The molecule has 0 bridgehead atoms. The first-order chi connectivity index (χ1) is 12.8. The zero-order valence-electron chi connectivity index (χ0n) is 15.5. The van der Waals surface area contributed by atoms with Gasteiger partial charge in [-0.1, -0.05) is 29.4 Å². The van der Waals surface area contributed by atoms with Crippen molar-refractivity contribution in [1.82, 2.24) is 0 Å². The van der Waals surface area contributed by atoms with Crippen molar-refractivity contribution in [3.63, 3.8) is 0 Å². The van der Waals surface area contributed by atoms with Gasteiger partial charge >= 0.3 is 0 Å². The summed E-state index contributed by atoms with van der Waals surface area (Å²) in [6, 6.07) is 21.3. The fourth-order valence-corrected chi connectivity index (χ4v) is 3.64. The summed E-state index contributed by atoms with van der Waals surface area (Å²) in [6.07, 6.45) is 4.66. The Morgan fingerprint density at radius 3 is 2.44 bits per heavy atom. The van der Waals surface area contributed by atoms with E-state index in [1.165, 1.54) is 29.4 Å². The Balaban J connectivity index is 0.00000210. The molecule has 27 heavy (non-hydrogen) atoms. The van der Waals surface area contributed by atoms with Crippen molar-refractivity contribution in [2.45, 2.75) is 19.4 Å². The van der Waals surface area contributed by atoms with Gasteiger partial charge in [-0.25, -0.2) is 0 Å². The summed E-state index contributed by atoms with van der Waals surface area (Å²) in [4.78, 5) is 7.58. The molecule has 0 radical (unpaired) electrons. The Hall–Kier alpha value is -2.40. The van der Waals surface area contributed by atoms with E-state index in [4.69, 9.17) is 4.84 Å². The zero-order chi connectivity index (χ0) is 17.8. The van der Waals surface area contributed by atoms with Crippen LogP contribution >= 0.6 is 0 Å². The van der Waals surface area contributed by atoms with Gasteiger partial charge in [0.05, 0.1) is 0 Å². The second-order valence-corrected chi connectivity index (χ2v) is 6.66. The van der Waals surface area contributed by atoms with Crippen molar-refractivity contribution in [2.75, 3.05) is 25.1 Å². The third-order valence-corrected chi connectivity index (χ3v) is 4.98. The van der Waals surface area contributed by atoms with Crippen LogP contribution in [0.15, 0.2) is 72.0 Å². The van der Waals surface area contributed by atoms with E-state index in [0.717, 1.165) is 24.4 Å². The number of nitrogens with zero attached hydrogens (tertiary/aromatic N) is 3. The summed E-state index contributed by atoms with van der Waals surface area (Å²) in [5.74, 6) is 0. The molecule has 1 aromatic heterocycles. The van der Waals surface area contributed by atoms with Crippen LogP contribution in [0.4, 0.5) is 5.69 Å². The Kier molecular flexibility index (Phi) is 6.45. The summed E-state index contributed by atoms with van der Waals surface area (Å²) in [6.45, 7) is 2.98. The van der Waals surface area contributed by atoms with Gasteiger partial charge in [0.25, 0.3) is 0 Å². The first kappa shape index (κ1) is 19.4. The third kappa shape index (κ3) is 4.30. The standard InChI is InChI=1S/C22H24N3O.BrH/c1-26-23-21(17-25-16-6-8-19-7-2-3-9-22(19)25)18-10-12-20(13-11-18)24-14-4-5-15-24;/h2-3,6-13,16H,4-5,14-15,17H2,1H3;1H/q+1;/p-1/b23-21-;. The number of rotatable bonds is 5. The van der Waals surface area contributed by atoms with Crippen molar-refractivity contribution in [3.05, 3.63) is 72.4 Å². The molecule has 140 valence electrons. The smallest absolute Gasteiger partial charge is 0.212 e. The SMILES string of the molecule is CO/N=C(/C[n+]1cccc2ccccc21)c1ccc(N2CCCC2)cc1.[Br-]. The predicted molar refractivity (Wildman–Crippen MR) is 106 cm³/mol. The normalized spacial score (nSPS) is 14.3. The second kappa shape index (κ2) is 9.00. The number of anilines is 1. The molecule has 0 atom stereocenters. The third-order valence-electron chi connectivity index (χ3n) is 4.98.